The topological polar surface area (TPSA) is 98.8 Å². The predicted octanol–water partition coefficient (Wildman–Crippen LogP) is 1.62. The normalized spacial score (nSPS) is 18.3. The maximum Gasteiger partial charge on any atom is 0.327 e. The van der Waals surface area contributed by atoms with E-state index in [1.165, 1.54) is 11.0 Å². The first-order chi connectivity index (χ1) is 13.7. The van der Waals surface area contributed by atoms with Gasteiger partial charge in [-0.2, -0.15) is 0 Å². The van der Waals surface area contributed by atoms with Gasteiger partial charge in [-0.05, 0) is 25.0 Å². The summed E-state index contributed by atoms with van der Waals surface area (Å²) in [6.07, 6.45) is 3.83. The van der Waals surface area contributed by atoms with Crippen molar-refractivity contribution in [2.24, 2.45) is 0 Å². The number of carbonyl (C=O) groups is 4. The monoisotopic (exact) mass is 408 g/mol. The summed E-state index contributed by atoms with van der Waals surface area (Å²) in [7, 11) is 1.57. The number of nitrogens with one attached hydrogen (secondary N) is 2. The molecule has 0 atom stereocenters. The molecule has 0 radical (unpaired) electrons. The van der Waals surface area contributed by atoms with Crippen molar-refractivity contribution in [3.05, 3.63) is 29.8 Å². The molecule has 1 spiro atoms. The molecule has 156 valence electrons. The van der Waals surface area contributed by atoms with Gasteiger partial charge in [0.1, 0.15) is 12.1 Å². The van der Waals surface area contributed by atoms with E-state index in [0.717, 1.165) is 36.3 Å². The number of hydrogen-bond donors (Lipinski definition) is 2. The summed E-state index contributed by atoms with van der Waals surface area (Å²) < 4.78 is 26.1. The number of urea groups is 1. The minimum absolute atomic E-state index is 0.0360. The molecule has 1 aromatic carbocycles. The molecule has 1 saturated carbocycles. The predicted molar refractivity (Wildman–Crippen MR) is 98.7 cm³/mol. The number of anilines is 1. The van der Waals surface area contributed by atoms with Crippen molar-refractivity contribution in [1.29, 1.82) is 0 Å². The van der Waals surface area contributed by atoms with Gasteiger partial charge in [0.05, 0.1) is 6.54 Å². The van der Waals surface area contributed by atoms with Gasteiger partial charge in [-0.3, -0.25) is 19.3 Å². The number of nitrogens with zero attached hydrogens (tertiary/aromatic N) is 2. The number of imide groups is 1. The molecule has 1 heterocycles. The SMILES string of the molecule is CN1C(=O)N(CC(=O)NCC(=O)Nc2ccc(F)c(F)c2)C(=O)C12CCCCC2. The molecule has 2 N–H and O–H groups in total. The van der Waals surface area contributed by atoms with Crippen molar-refractivity contribution in [2.45, 2.75) is 37.6 Å². The van der Waals surface area contributed by atoms with Crippen LogP contribution in [0.25, 0.3) is 0 Å². The van der Waals surface area contributed by atoms with Crippen LogP contribution in [0.3, 0.4) is 0 Å². The van der Waals surface area contributed by atoms with Gasteiger partial charge in [0.25, 0.3) is 5.91 Å². The second kappa shape index (κ2) is 8.14. The number of amides is 5. The number of halogens is 2. The first-order valence-electron chi connectivity index (χ1n) is 9.36. The molecule has 0 unspecified atom stereocenters. The van der Waals surface area contributed by atoms with Crippen LogP contribution >= 0.6 is 0 Å². The Morgan fingerprint density at radius 2 is 1.76 bits per heavy atom. The molecule has 0 aromatic heterocycles. The smallest absolute Gasteiger partial charge is 0.327 e. The van der Waals surface area contributed by atoms with Crippen LogP contribution in [0.4, 0.5) is 19.3 Å². The molecule has 29 heavy (non-hydrogen) atoms. The van der Waals surface area contributed by atoms with E-state index in [4.69, 9.17) is 0 Å². The number of benzene rings is 1. The van der Waals surface area contributed by atoms with Crippen molar-refractivity contribution in [3.8, 4) is 0 Å². The molecule has 1 aromatic rings. The van der Waals surface area contributed by atoms with Crippen LogP contribution in [0.1, 0.15) is 32.1 Å². The Bertz CT molecular complexity index is 855. The minimum atomic E-state index is -1.11. The van der Waals surface area contributed by atoms with E-state index in [9.17, 15) is 28.0 Å². The Hall–Kier alpha value is -3.04. The third kappa shape index (κ3) is 4.06. The molecule has 2 aliphatic rings. The highest BCUT2D eigenvalue weighted by Crippen LogP contribution is 2.39. The molecule has 8 nitrogen and oxygen atoms in total. The van der Waals surface area contributed by atoms with Gasteiger partial charge < -0.3 is 15.5 Å². The Morgan fingerprint density at radius 3 is 2.41 bits per heavy atom. The fourth-order valence-corrected chi connectivity index (χ4v) is 3.83. The van der Waals surface area contributed by atoms with Crippen molar-refractivity contribution < 1.29 is 28.0 Å². The maximum atomic E-state index is 13.2. The molecule has 10 heteroatoms. The summed E-state index contributed by atoms with van der Waals surface area (Å²) in [5.74, 6) is -3.88. The summed E-state index contributed by atoms with van der Waals surface area (Å²) >= 11 is 0. The fourth-order valence-electron chi connectivity index (χ4n) is 3.83. The van der Waals surface area contributed by atoms with Gasteiger partial charge in [-0.1, -0.05) is 19.3 Å². The standard InChI is InChI=1S/C19H22F2N4O4/c1-24-18(29)25(17(28)19(24)7-3-2-4-8-19)11-16(27)22-10-15(26)23-12-5-6-13(20)14(21)9-12/h5-6,9H,2-4,7-8,10-11H2,1H3,(H,22,27)(H,23,26). The van der Waals surface area contributed by atoms with Crippen LogP contribution < -0.4 is 10.6 Å². The number of hydrogen-bond acceptors (Lipinski definition) is 4. The fraction of sp³-hybridized carbons (Fsp3) is 0.474. The van der Waals surface area contributed by atoms with Crippen molar-refractivity contribution in [2.75, 3.05) is 25.5 Å². The third-order valence-electron chi connectivity index (χ3n) is 5.44. The lowest BCUT2D eigenvalue weighted by atomic mass is 9.81. The molecule has 1 saturated heterocycles. The second-order valence-corrected chi connectivity index (χ2v) is 7.28. The highest BCUT2D eigenvalue weighted by Gasteiger charge is 2.55. The van der Waals surface area contributed by atoms with E-state index < -0.39 is 48.1 Å². The number of likely N-dealkylation sites (N-methyl/N-ethyl adjacent to an activating group) is 1. The lowest BCUT2D eigenvalue weighted by Gasteiger charge is -2.35. The van der Waals surface area contributed by atoms with E-state index >= 15 is 0 Å². The van der Waals surface area contributed by atoms with Crippen molar-refractivity contribution in [3.63, 3.8) is 0 Å². The molecule has 5 amide bonds. The number of rotatable bonds is 5. The van der Waals surface area contributed by atoms with Gasteiger partial charge in [0.2, 0.25) is 11.8 Å². The Kier molecular flexibility index (Phi) is 5.81. The molecule has 0 bridgehead atoms. The van der Waals surface area contributed by atoms with Crippen molar-refractivity contribution >= 4 is 29.4 Å². The molecule has 3 rings (SSSR count). The van der Waals surface area contributed by atoms with Crippen LogP contribution in [0, 0.1) is 11.6 Å². The molecule has 1 aliphatic carbocycles. The lowest BCUT2D eigenvalue weighted by Crippen LogP contribution is -2.49. The van der Waals surface area contributed by atoms with Crippen LogP contribution in [-0.2, 0) is 14.4 Å². The van der Waals surface area contributed by atoms with Gasteiger partial charge in [0.15, 0.2) is 11.6 Å². The molecule has 2 fully saturated rings. The van der Waals surface area contributed by atoms with Gasteiger partial charge in [0, 0.05) is 18.8 Å². The minimum Gasteiger partial charge on any atom is -0.345 e. The first kappa shape index (κ1) is 20.7. The van der Waals surface area contributed by atoms with Crippen LogP contribution in [0.15, 0.2) is 18.2 Å². The highest BCUT2D eigenvalue weighted by atomic mass is 19.2. The van der Waals surface area contributed by atoms with Gasteiger partial charge in [-0.25, -0.2) is 13.6 Å². The molecule has 1 aliphatic heterocycles. The Balaban J connectivity index is 1.53. The van der Waals surface area contributed by atoms with E-state index in [2.05, 4.69) is 10.6 Å². The van der Waals surface area contributed by atoms with E-state index in [-0.39, 0.29) is 11.6 Å². The lowest BCUT2D eigenvalue weighted by molar-refractivity contribution is -0.137. The average molecular weight is 408 g/mol. The van der Waals surface area contributed by atoms with Crippen molar-refractivity contribution in [1.82, 2.24) is 15.1 Å². The molecular weight excluding hydrogens is 386 g/mol. The van der Waals surface area contributed by atoms with E-state index in [1.807, 2.05) is 0 Å². The maximum absolute atomic E-state index is 13.2. The second-order valence-electron chi connectivity index (χ2n) is 7.28. The van der Waals surface area contributed by atoms with Crippen LogP contribution in [0.5, 0.6) is 0 Å². The van der Waals surface area contributed by atoms with Crippen LogP contribution in [-0.4, -0.2) is 59.2 Å². The zero-order chi connectivity index (χ0) is 21.2. The Morgan fingerprint density at radius 1 is 1.07 bits per heavy atom. The Labute approximate surface area is 166 Å². The summed E-state index contributed by atoms with van der Waals surface area (Å²) in [5, 5.41) is 4.63. The quantitative estimate of drug-likeness (QED) is 0.724. The first-order valence-corrected chi connectivity index (χ1v) is 9.36. The summed E-state index contributed by atoms with van der Waals surface area (Å²) in [5.41, 5.74) is -0.839. The van der Waals surface area contributed by atoms with E-state index in [0.29, 0.717) is 12.8 Å². The molecular formula is C19H22F2N4O4. The van der Waals surface area contributed by atoms with E-state index in [1.54, 1.807) is 7.05 Å². The largest absolute Gasteiger partial charge is 0.345 e. The van der Waals surface area contributed by atoms with Crippen LogP contribution in [0.2, 0.25) is 0 Å². The summed E-state index contributed by atoms with van der Waals surface area (Å²) in [4.78, 5) is 51.6. The average Bonchev–Trinajstić information content (AvgIpc) is 2.86. The third-order valence-corrected chi connectivity index (χ3v) is 5.44. The summed E-state index contributed by atoms with van der Waals surface area (Å²) in [6.45, 7) is -0.933. The summed E-state index contributed by atoms with van der Waals surface area (Å²) in [6, 6.07) is 2.33. The zero-order valence-corrected chi connectivity index (χ0v) is 16.0. The zero-order valence-electron chi connectivity index (χ0n) is 16.0. The van der Waals surface area contributed by atoms with Gasteiger partial charge >= 0.3 is 6.03 Å². The number of carbonyl (C=O) groups excluding carboxylic acids is 4. The van der Waals surface area contributed by atoms with Gasteiger partial charge in [-0.15, -0.1) is 0 Å². The highest BCUT2D eigenvalue weighted by molar-refractivity contribution is 6.09.